The maximum atomic E-state index is 11.0. The molecule has 0 aliphatic carbocycles. The zero-order valence-electron chi connectivity index (χ0n) is 10.9. The monoisotopic (exact) mass is 293 g/mol. The van der Waals surface area contributed by atoms with Crippen LogP contribution in [0.4, 0.5) is 5.69 Å². The molecule has 0 aliphatic heterocycles. The summed E-state index contributed by atoms with van der Waals surface area (Å²) in [7, 11) is 1.39. The van der Waals surface area contributed by atoms with Crippen molar-refractivity contribution in [1.82, 2.24) is 0 Å². The molecule has 0 aliphatic rings. The molecule has 2 rings (SSSR count). The lowest BCUT2D eigenvalue weighted by molar-refractivity contribution is -0.386. The summed E-state index contributed by atoms with van der Waals surface area (Å²) in [6.45, 7) is -0.161. The molecule has 0 saturated heterocycles. The normalized spacial score (nSPS) is 10.1. The van der Waals surface area contributed by atoms with Crippen LogP contribution in [0.15, 0.2) is 34.9 Å². The first-order chi connectivity index (χ1) is 10.0. The molecule has 0 unspecified atom stereocenters. The molecule has 21 heavy (non-hydrogen) atoms. The van der Waals surface area contributed by atoms with Gasteiger partial charge >= 0.3 is 11.7 Å². The molecule has 0 amide bonds. The van der Waals surface area contributed by atoms with Crippen LogP contribution in [0.3, 0.4) is 0 Å². The van der Waals surface area contributed by atoms with Crippen molar-refractivity contribution in [3.8, 4) is 11.5 Å². The van der Waals surface area contributed by atoms with Crippen LogP contribution in [0.5, 0.6) is 11.5 Å². The lowest BCUT2D eigenvalue weighted by atomic mass is 10.2. The summed E-state index contributed by atoms with van der Waals surface area (Å²) in [5, 5.41) is 19.9. The number of rotatable bonds is 6. The van der Waals surface area contributed by atoms with Gasteiger partial charge in [-0.3, -0.25) is 10.1 Å². The van der Waals surface area contributed by atoms with Gasteiger partial charge in [0.1, 0.15) is 12.4 Å². The summed E-state index contributed by atoms with van der Waals surface area (Å²) in [5.41, 5.74) is 0.0161. The van der Waals surface area contributed by atoms with E-state index in [1.807, 2.05) is 0 Å². The first-order valence-corrected chi connectivity index (χ1v) is 5.78. The second kappa shape index (κ2) is 5.95. The standard InChI is InChI=1S/C13H11NO7/c1-19-9-2-3-11(10(6-9)14(17)18)21-7-8-4-5-20-12(8)13(15)16/h2-6H,7H2,1H3,(H,15,16). The molecule has 1 aromatic carbocycles. The number of carboxylic acids is 1. The summed E-state index contributed by atoms with van der Waals surface area (Å²) in [6, 6.07) is 5.55. The second-order valence-electron chi connectivity index (χ2n) is 3.96. The summed E-state index contributed by atoms with van der Waals surface area (Å²) in [5.74, 6) is -1.16. The Morgan fingerprint density at radius 2 is 2.19 bits per heavy atom. The average molecular weight is 293 g/mol. The highest BCUT2D eigenvalue weighted by atomic mass is 16.6. The minimum Gasteiger partial charge on any atom is -0.496 e. The molecule has 2 aromatic rings. The molecule has 0 saturated carbocycles. The molecule has 1 aromatic heterocycles. The largest absolute Gasteiger partial charge is 0.496 e. The number of aromatic carboxylic acids is 1. The molecule has 0 atom stereocenters. The van der Waals surface area contributed by atoms with Crippen molar-refractivity contribution < 1.29 is 28.7 Å². The van der Waals surface area contributed by atoms with Crippen molar-refractivity contribution in [2.45, 2.75) is 6.61 Å². The lowest BCUT2D eigenvalue weighted by Crippen LogP contribution is -2.04. The summed E-state index contributed by atoms with van der Waals surface area (Å²) in [4.78, 5) is 21.3. The first kappa shape index (κ1) is 14.4. The van der Waals surface area contributed by atoms with Gasteiger partial charge in [-0.05, 0) is 18.2 Å². The Balaban J connectivity index is 2.21. The van der Waals surface area contributed by atoms with Crippen LogP contribution < -0.4 is 9.47 Å². The molecule has 0 fully saturated rings. The van der Waals surface area contributed by atoms with Gasteiger partial charge in [-0.25, -0.2) is 4.79 Å². The van der Waals surface area contributed by atoms with Gasteiger partial charge in [0.15, 0.2) is 5.75 Å². The van der Waals surface area contributed by atoms with Crippen LogP contribution in [0.25, 0.3) is 0 Å². The molecule has 1 heterocycles. The van der Waals surface area contributed by atoms with Gasteiger partial charge < -0.3 is 19.0 Å². The molecule has 110 valence electrons. The first-order valence-electron chi connectivity index (χ1n) is 5.78. The van der Waals surface area contributed by atoms with Crippen molar-refractivity contribution in [1.29, 1.82) is 0 Å². The van der Waals surface area contributed by atoms with E-state index in [4.69, 9.17) is 19.0 Å². The van der Waals surface area contributed by atoms with Gasteiger partial charge in [-0.15, -0.1) is 0 Å². The zero-order valence-corrected chi connectivity index (χ0v) is 10.9. The van der Waals surface area contributed by atoms with Crippen molar-refractivity contribution in [3.63, 3.8) is 0 Å². The summed E-state index contributed by atoms with van der Waals surface area (Å²) in [6.07, 6.45) is 1.21. The number of furan rings is 1. The van der Waals surface area contributed by atoms with E-state index in [1.165, 1.54) is 37.6 Å². The molecule has 0 radical (unpaired) electrons. The van der Waals surface area contributed by atoms with Crippen LogP contribution in [0, 0.1) is 10.1 Å². The Bertz CT molecular complexity index is 677. The predicted molar refractivity (Wildman–Crippen MR) is 69.6 cm³/mol. The SMILES string of the molecule is COc1ccc(OCc2ccoc2C(=O)O)c([N+](=O)[O-])c1. The Morgan fingerprint density at radius 1 is 1.43 bits per heavy atom. The van der Waals surface area contributed by atoms with Crippen molar-refractivity contribution in [3.05, 3.63) is 52.0 Å². The molecular formula is C13H11NO7. The van der Waals surface area contributed by atoms with Crippen LogP contribution in [0.2, 0.25) is 0 Å². The fourth-order valence-corrected chi connectivity index (χ4v) is 1.68. The van der Waals surface area contributed by atoms with Gasteiger partial charge in [0, 0.05) is 5.56 Å². The van der Waals surface area contributed by atoms with E-state index in [0.29, 0.717) is 5.75 Å². The molecular weight excluding hydrogens is 282 g/mol. The molecule has 0 bridgehead atoms. The Hall–Kier alpha value is -3.03. The third-order valence-electron chi connectivity index (χ3n) is 2.69. The Morgan fingerprint density at radius 3 is 2.81 bits per heavy atom. The Kier molecular flexibility index (Phi) is 4.07. The van der Waals surface area contributed by atoms with Gasteiger partial charge in [0.2, 0.25) is 5.76 Å². The number of carbonyl (C=O) groups is 1. The third kappa shape index (κ3) is 3.11. The predicted octanol–water partition coefficient (Wildman–Crippen LogP) is 2.47. The number of hydrogen-bond acceptors (Lipinski definition) is 6. The fraction of sp³-hybridized carbons (Fsp3) is 0.154. The number of hydrogen-bond donors (Lipinski definition) is 1. The van der Waals surface area contributed by atoms with Crippen molar-refractivity contribution in [2.75, 3.05) is 7.11 Å². The van der Waals surface area contributed by atoms with E-state index in [2.05, 4.69) is 0 Å². The van der Waals surface area contributed by atoms with Gasteiger partial charge in [0.05, 0.1) is 24.4 Å². The quantitative estimate of drug-likeness (QED) is 0.643. The number of nitrogens with zero attached hydrogens (tertiary/aromatic N) is 1. The average Bonchev–Trinajstić information content (AvgIpc) is 2.93. The van der Waals surface area contributed by atoms with Crippen molar-refractivity contribution in [2.24, 2.45) is 0 Å². The zero-order chi connectivity index (χ0) is 15.4. The van der Waals surface area contributed by atoms with E-state index >= 15 is 0 Å². The number of benzene rings is 1. The summed E-state index contributed by atoms with van der Waals surface area (Å²) < 4.78 is 15.0. The van der Waals surface area contributed by atoms with Gasteiger partial charge in [-0.1, -0.05) is 0 Å². The van der Waals surface area contributed by atoms with E-state index in [9.17, 15) is 14.9 Å². The number of nitro benzene ring substituents is 1. The molecule has 0 spiro atoms. The second-order valence-corrected chi connectivity index (χ2v) is 3.96. The highest BCUT2D eigenvalue weighted by Gasteiger charge is 2.19. The topological polar surface area (TPSA) is 112 Å². The van der Waals surface area contributed by atoms with E-state index < -0.39 is 10.9 Å². The summed E-state index contributed by atoms with van der Waals surface area (Å²) >= 11 is 0. The van der Waals surface area contributed by atoms with Crippen molar-refractivity contribution >= 4 is 11.7 Å². The van der Waals surface area contributed by atoms with Crippen LogP contribution in [-0.4, -0.2) is 23.1 Å². The van der Waals surface area contributed by atoms with E-state index in [0.717, 1.165) is 0 Å². The van der Waals surface area contributed by atoms with Crippen LogP contribution in [0.1, 0.15) is 16.1 Å². The number of ether oxygens (including phenoxy) is 2. The maximum absolute atomic E-state index is 11.0. The highest BCUT2D eigenvalue weighted by Crippen LogP contribution is 2.31. The Labute approximate surface area is 118 Å². The number of nitro groups is 1. The molecule has 8 heteroatoms. The van der Waals surface area contributed by atoms with E-state index in [1.54, 1.807) is 0 Å². The van der Waals surface area contributed by atoms with Gasteiger partial charge in [0.25, 0.3) is 0 Å². The third-order valence-corrected chi connectivity index (χ3v) is 2.69. The smallest absolute Gasteiger partial charge is 0.372 e. The van der Waals surface area contributed by atoms with Gasteiger partial charge in [-0.2, -0.15) is 0 Å². The highest BCUT2D eigenvalue weighted by molar-refractivity contribution is 5.86. The van der Waals surface area contributed by atoms with Crippen LogP contribution in [-0.2, 0) is 6.61 Å². The minimum absolute atomic E-state index is 0.0124. The number of carboxylic acid groups (broad SMARTS) is 1. The maximum Gasteiger partial charge on any atom is 0.372 e. The van der Waals surface area contributed by atoms with E-state index in [-0.39, 0.29) is 29.4 Å². The minimum atomic E-state index is -1.23. The molecule has 1 N–H and O–H groups in total. The lowest BCUT2D eigenvalue weighted by Gasteiger charge is -2.07. The molecule has 8 nitrogen and oxygen atoms in total. The van der Waals surface area contributed by atoms with Crippen LogP contribution >= 0.6 is 0 Å². The number of methoxy groups -OCH3 is 1. The fourth-order valence-electron chi connectivity index (χ4n) is 1.68.